The van der Waals surface area contributed by atoms with Gasteiger partial charge in [-0.05, 0) is 18.1 Å². The first-order valence-electron chi connectivity index (χ1n) is 9.59. The van der Waals surface area contributed by atoms with E-state index in [4.69, 9.17) is 23.2 Å². The van der Waals surface area contributed by atoms with Crippen molar-refractivity contribution < 1.29 is 14.8 Å². The van der Waals surface area contributed by atoms with Gasteiger partial charge in [0.05, 0.1) is 33.5 Å². The highest BCUT2D eigenvalue weighted by atomic mass is 35.5. The van der Waals surface area contributed by atoms with Crippen LogP contribution >= 0.6 is 23.2 Å². The number of nitrogens with zero attached hydrogens (tertiary/aromatic N) is 3. The molecule has 2 aromatic rings. The van der Waals surface area contributed by atoms with E-state index in [-0.39, 0.29) is 45.8 Å². The lowest BCUT2D eigenvalue weighted by molar-refractivity contribution is -0.385. The van der Waals surface area contributed by atoms with Crippen molar-refractivity contribution in [2.75, 3.05) is 26.7 Å². The monoisotopic (exact) mass is 451 g/mol. The molecule has 0 aromatic heterocycles. The Morgan fingerprint density at radius 1 is 1.30 bits per heavy atom. The summed E-state index contributed by atoms with van der Waals surface area (Å²) >= 11 is 11.9. The molecular weight excluding hydrogens is 429 g/mol. The number of benzene rings is 2. The van der Waals surface area contributed by atoms with Gasteiger partial charge < -0.3 is 10.0 Å². The average molecular weight is 452 g/mol. The van der Waals surface area contributed by atoms with Crippen LogP contribution in [0.15, 0.2) is 42.5 Å². The number of aliphatic hydroxyl groups excluding tert-OH is 1. The molecule has 1 amide bonds. The smallest absolute Gasteiger partial charge is 0.274 e. The number of carbonyl (C=O) groups is 1. The molecule has 1 unspecified atom stereocenters. The number of rotatable bonds is 7. The second kappa shape index (κ2) is 9.75. The van der Waals surface area contributed by atoms with Crippen LogP contribution in [0.5, 0.6) is 0 Å². The molecule has 7 nitrogen and oxygen atoms in total. The largest absolute Gasteiger partial charge is 0.392 e. The molecule has 0 bridgehead atoms. The van der Waals surface area contributed by atoms with Crippen molar-refractivity contribution in [3.63, 3.8) is 0 Å². The summed E-state index contributed by atoms with van der Waals surface area (Å²) in [6, 6.07) is 11.9. The number of β-amino-alcohol motifs (C(OH)–C–C–N with tert-alkyl or cyclic N) is 1. The Balaban J connectivity index is 1.84. The summed E-state index contributed by atoms with van der Waals surface area (Å²) in [7, 11) is 1.69. The van der Waals surface area contributed by atoms with E-state index in [9.17, 15) is 20.0 Å². The average Bonchev–Trinajstić information content (AvgIpc) is 3.13. The van der Waals surface area contributed by atoms with Gasteiger partial charge in [-0.15, -0.1) is 0 Å². The number of amides is 1. The molecule has 1 aliphatic heterocycles. The van der Waals surface area contributed by atoms with Gasteiger partial charge in [-0.3, -0.25) is 19.8 Å². The van der Waals surface area contributed by atoms with Crippen LogP contribution < -0.4 is 0 Å². The molecule has 2 aromatic carbocycles. The number of halogens is 2. The van der Waals surface area contributed by atoms with E-state index in [1.807, 2.05) is 30.3 Å². The summed E-state index contributed by atoms with van der Waals surface area (Å²) in [6.07, 6.45) is 0.172. The highest BCUT2D eigenvalue weighted by Crippen LogP contribution is 2.32. The zero-order chi connectivity index (χ0) is 21.8. The maximum Gasteiger partial charge on any atom is 0.274 e. The molecule has 9 heteroatoms. The first-order chi connectivity index (χ1) is 14.3. The van der Waals surface area contributed by atoms with E-state index in [0.29, 0.717) is 19.5 Å². The van der Waals surface area contributed by atoms with E-state index in [1.165, 1.54) is 12.1 Å². The van der Waals surface area contributed by atoms with E-state index in [1.54, 1.807) is 11.9 Å². The minimum absolute atomic E-state index is 0.0719. The third-order valence-corrected chi connectivity index (χ3v) is 6.11. The third kappa shape index (κ3) is 5.29. The van der Waals surface area contributed by atoms with Crippen LogP contribution in [-0.2, 0) is 11.2 Å². The van der Waals surface area contributed by atoms with Gasteiger partial charge in [0.15, 0.2) is 0 Å². The molecule has 0 radical (unpaired) electrons. The number of hydrogen-bond donors (Lipinski definition) is 1. The van der Waals surface area contributed by atoms with E-state index < -0.39 is 4.92 Å². The maximum absolute atomic E-state index is 13.1. The van der Waals surface area contributed by atoms with Crippen LogP contribution in [0, 0.1) is 10.1 Å². The molecule has 1 fully saturated rings. The molecule has 30 heavy (non-hydrogen) atoms. The lowest BCUT2D eigenvalue weighted by Crippen LogP contribution is -2.39. The van der Waals surface area contributed by atoms with Crippen molar-refractivity contribution in [1.29, 1.82) is 0 Å². The first kappa shape index (κ1) is 22.5. The van der Waals surface area contributed by atoms with Crippen molar-refractivity contribution in [3.8, 4) is 0 Å². The molecule has 1 aliphatic rings. The van der Waals surface area contributed by atoms with Gasteiger partial charge in [-0.1, -0.05) is 53.5 Å². The zero-order valence-electron chi connectivity index (χ0n) is 16.5. The van der Waals surface area contributed by atoms with Gasteiger partial charge in [0.2, 0.25) is 5.91 Å². The number of hydrogen-bond acceptors (Lipinski definition) is 5. The summed E-state index contributed by atoms with van der Waals surface area (Å²) in [5, 5.41) is 21.5. The van der Waals surface area contributed by atoms with Gasteiger partial charge in [-0.25, -0.2) is 0 Å². The van der Waals surface area contributed by atoms with Crippen LogP contribution in [-0.4, -0.2) is 58.5 Å². The minimum Gasteiger partial charge on any atom is -0.392 e. The summed E-state index contributed by atoms with van der Waals surface area (Å²) in [4.78, 5) is 27.7. The molecule has 0 saturated carbocycles. The van der Waals surface area contributed by atoms with Gasteiger partial charge in [0, 0.05) is 38.3 Å². The fourth-order valence-corrected chi connectivity index (χ4v) is 4.04. The Morgan fingerprint density at radius 3 is 2.57 bits per heavy atom. The normalized spacial score (nSPS) is 17.7. The molecule has 0 aliphatic carbocycles. The predicted molar refractivity (Wildman–Crippen MR) is 116 cm³/mol. The van der Waals surface area contributed by atoms with Crippen molar-refractivity contribution >= 4 is 34.8 Å². The fraction of sp³-hybridized carbons (Fsp3) is 0.381. The Hall–Kier alpha value is -2.19. The highest BCUT2D eigenvalue weighted by Gasteiger charge is 2.29. The Kier molecular flexibility index (Phi) is 7.31. The molecule has 1 heterocycles. The minimum atomic E-state index is -0.564. The SMILES string of the molecule is CN(C(=O)Cc1cc(Cl)c(Cl)cc1[N+](=O)[O-])C(CN1CC[C@H](O)C1)c1ccccc1. The van der Waals surface area contributed by atoms with Crippen LogP contribution in [0.4, 0.5) is 5.69 Å². The Morgan fingerprint density at radius 2 is 1.97 bits per heavy atom. The summed E-state index contributed by atoms with van der Waals surface area (Å²) in [5.41, 5.74) is 0.943. The maximum atomic E-state index is 13.1. The summed E-state index contributed by atoms with van der Waals surface area (Å²) in [6.45, 7) is 1.88. The standard InChI is InChI=1S/C21H23Cl2N3O4/c1-24(21(28)10-15-9-17(22)18(23)11-19(15)26(29)30)20(14-5-3-2-4-6-14)13-25-8-7-16(27)12-25/h2-6,9,11,16,20,27H,7-8,10,12-13H2,1H3/t16-,20?/m0/s1. The third-order valence-electron chi connectivity index (χ3n) is 5.38. The Labute approximate surface area is 185 Å². The van der Waals surface area contributed by atoms with Crippen LogP contribution in [0.1, 0.15) is 23.6 Å². The van der Waals surface area contributed by atoms with Gasteiger partial charge in [-0.2, -0.15) is 0 Å². The second-order valence-corrected chi connectivity index (χ2v) is 8.28. The number of carbonyl (C=O) groups excluding carboxylic acids is 1. The highest BCUT2D eigenvalue weighted by molar-refractivity contribution is 6.42. The van der Waals surface area contributed by atoms with Crippen molar-refractivity contribution in [2.45, 2.75) is 25.0 Å². The number of likely N-dealkylation sites (N-methyl/N-ethyl adjacent to an activating group) is 1. The quantitative estimate of drug-likeness (QED) is 0.511. The Bertz CT molecular complexity index is 926. The molecule has 160 valence electrons. The molecular formula is C21H23Cl2N3O4. The summed E-state index contributed by atoms with van der Waals surface area (Å²) < 4.78 is 0. The molecule has 2 atom stereocenters. The van der Waals surface area contributed by atoms with E-state index in [2.05, 4.69) is 4.90 Å². The van der Waals surface area contributed by atoms with Crippen molar-refractivity contribution in [3.05, 3.63) is 73.8 Å². The molecule has 1 N–H and O–H groups in total. The second-order valence-electron chi connectivity index (χ2n) is 7.46. The number of nitro groups is 1. The number of aliphatic hydroxyl groups is 1. The fourth-order valence-electron chi connectivity index (χ4n) is 3.70. The van der Waals surface area contributed by atoms with Crippen molar-refractivity contribution in [1.82, 2.24) is 9.80 Å². The molecule has 0 spiro atoms. The lowest BCUT2D eigenvalue weighted by atomic mass is 10.0. The molecule has 1 saturated heterocycles. The van der Waals surface area contributed by atoms with Crippen LogP contribution in [0.3, 0.4) is 0 Å². The first-order valence-corrected chi connectivity index (χ1v) is 10.3. The predicted octanol–water partition coefficient (Wildman–Crippen LogP) is 3.71. The number of likely N-dealkylation sites (tertiary alicyclic amines) is 1. The number of nitro benzene ring substituents is 1. The van der Waals surface area contributed by atoms with E-state index >= 15 is 0 Å². The van der Waals surface area contributed by atoms with Crippen LogP contribution in [0.2, 0.25) is 10.0 Å². The van der Waals surface area contributed by atoms with Crippen molar-refractivity contribution in [2.24, 2.45) is 0 Å². The lowest BCUT2D eigenvalue weighted by Gasteiger charge is -2.32. The molecule has 3 rings (SSSR count). The van der Waals surface area contributed by atoms with Gasteiger partial charge in [0.1, 0.15) is 0 Å². The zero-order valence-corrected chi connectivity index (χ0v) is 18.0. The topological polar surface area (TPSA) is 86.9 Å². The summed E-state index contributed by atoms with van der Waals surface area (Å²) in [5.74, 6) is -0.273. The van der Waals surface area contributed by atoms with Gasteiger partial charge in [0.25, 0.3) is 5.69 Å². The van der Waals surface area contributed by atoms with Gasteiger partial charge >= 0.3 is 0 Å². The van der Waals surface area contributed by atoms with E-state index in [0.717, 1.165) is 12.1 Å². The van der Waals surface area contributed by atoms with Crippen LogP contribution in [0.25, 0.3) is 0 Å².